The Balaban J connectivity index is 1.52. The van der Waals surface area contributed by atoms with Gasteiger partial charge in [-0.05, 0) is 43.7 Å². The fraction of sp³-hybridized carbons (Fsp3) is 0.308. The second kappa shape index (κ2) is 10.0. The molecule has 0 aliphatic carbocycles. The second-order valence-electron chi connectivity index (χ2n) is 8.82. The minimum absolute atomic E-state index is 0.0230. The van der Waals surface area contributed by atoms with Crippen molar-refractivity contribution in [3.8, 4) is 0 Å². The van der Waals surface area contributed by atoms with Gasteiger partial charge in [0.15, 0.2) is 0 Å². The Morgan fingerprint density at radius 1 is 1.08 bits per heavy atom. The van der Waals surface area contributed by atoms with Gasteiger partial charge in [0, 0.05) is 38.4 Å². The van der Waals surface area contributed by atoms with Crippen molar-refractivity contribution in [2.24, 2.45) is 0 Å². The number of amides is 1. The number of rotatable bonds is 5. The van der Waals surface area contributed by atoms with Crippen LogP contribution in [0.25, 0.3) is 11.7 Å². The molecule has 1 unspecified atom stereocenters. The van der Waals surface area contributed by atoms with E-state index < -0.39 is 0 Å². The average Bonchev–Trinajstić information content (AvgIpc) is 3.18. The number of hydrogen-bond donors (Lipinski definition) is 0. The largest absolute Gasteiger partial charge is 0.366 e. The Bertz CT molecular complexity index is 1430. The van der Waals surface area contributed by atoms with Gasteiger partial charge in [-0.15, -0.1) is 0 Å². The van der Waals surface area contributed by atoms with E-state index in [0.29, 0.717) is 58.1 Å². The van der Waals surface area contributed by atoms with Gasteiger partial charge in [0.2, 0.25) is 0 Å². The Morgan fingerprint density at radius 2 is 1.78 bits per heavy atom. The van der Waals surface area contributed by atoms with Gasteiger partial charge in [-0.3, -0.25) is 18.9 Å². The summed E-state index contributed by atoms with van der Waals surface area (Å²) in [5, 5.41) is 0. The first kappa shape index (κ1) is 24.5. The number of aromatic nitrogens is 2. The number of para-hydroxylation sites is 1. The van der Waals surface area contributed by atoms with Gasteiger partial charge in [0.25, 0.3) is 11.5 Å². The summed E-state index contributed by atoms with van der Waals surface area (Å²) in [7, 11) is 0. The molecule has 0 spiro atoms. The minimum atomic E-state index is -0.253. The number of thiocarbonyl (C=S) groups is 1. The van der Waals surface area contributed by atoms with Crippen LogP contribution in [0.15, 0.2) is 58.4 Å². The summed E-state index contributed by atoms with van der Waals surface area (Å²) in [6, 6.07) is 12.1. The van der Waals surface area contributed by atoms with Gasteiger partial charge < -0.3 is 9.80 Å². The van der Waals surface area contributed by atoms with Crippen LogP contribution in [0.4, 0.5) is 15.9 Å². The Hall–Kier alpha value is -3.24. The summed E-state index contributed by atoms with van der Waals surface area (Å²) in [5.41, 5.74) is 1.19. The van der Waals surface area contributed by atoms with Gasteiger partial charge in [-0.25, -0.2) is 9.37 Å². The summed E-state index contributed by atoms with van der Waals surface area (Å²) in [6.07, 6.45) is 4.08. The summed E-state index contributed by atoms with van der Waals surface area (Å²) >= 11 is 6.69. The SMILES string of the molecule is CCC(C)N1C(=O)/C(=C/c2c(N3CCN(c4ccccc4F)CC3)nc3ccccn3c2=O)SC1=S. The van der Waals surface area contributed by atoms with E-state index in [0.717, 1.165) is 6.42 Å². The molecule has 186 valence electrons. The first-order valence-corrected chi connectivity index (χ1v) is 13.1. The lowest BCUT2D eigenvalue weighted by Gasteiger charge is -2.37. The van der Waals surface area contributed by atoms with Crippen LogP contribution in [0.2, 0.25) is 0 Å². The molecule has 1 atom stereocenters. The number of fused-ring (bicyclic) bond motifs is 1. The lowest BCUT2D eigenvalue weighted by molar-refractivity contribution is -0.123. The van der Waals surface area contributed by atoms with Crippen LogP contribution in [0.5, 0.6) is 0 Å². The van der Waals surface area contributed by atoms with Gasteiger partial charge in [0.1, 0.15) is 21.6 Å². The van der Waals surface area contributed by atoms with Crippen molar-refractivity contribution in [2.75, 3.05) is 36.0 Å². The van der Waals surface area contributed by atoms with E-state index in [4.69, 9.17) is 17.2 Å². The van der Waals surface area contributed by atoms with Gasteiger partial charge in [-0.2, -0.15) is 0 Å². The van der Waals surface area contributed by atoms with Crippen molar-refractivity contribution in [3.05, 3.63) is 75.3 Å². The third-order valence-electron chi connectivity index (χ3n) is 6.65. The standard InChI is InChI=1S/C26H26FN5O2S2/c1-3-17(2)32-25(34)21(36-26(32)35)16-18-23(28-22-10-6-7-11-31(22)24(18)33)30-14-12-29(13-15-30)20-9-5-4-8-19(20)27/h4-11,16-17H,3,12-15H2,1-2H3/b21-16-. The first-order valence-electron chi connectivity index (χ1n) is 11.9. The Kier molecular flexibility index (Phi) is 6.81. The zero-order valence-electron chi connectivity index (χ0n) is 20.1. The molecule has 7 nitrogen and oxygen atoms in total. The zero-order chi connectivity index (χ0) is 25.4. The lowest BCUT2D eigenvalue weighted by Crippen LogP contribution is -2.47. The van der Waals surface area contributed by atoms with Gasteiger partial charge >= 0.3 is 0 Å². The molecule has 2 saturated heterocycles. The predicted molar refractivity (Wildman–Crippen MR) is 147 cm³/mol. The molecule has 10 heteroatoms. The van der Waals surface area contributed by atoms with E-state index in [1.54, 1.807) is 41.4 Å². The molecule has 2 aliphatic rings. The molecule has 2 fully saturated rings. The fourth-order valence-corrected chi connectivity index (χ4v) is 5.94. The molecular formula is C26H26FN5O2S2. The number of thioether (sulfide) groups is 1. The maximum absolute atomic E-state index is 14.3. The number of benzene rings is 1. The van der Waals surface area contributed by atoms with Crippen LogP contribution in [0, 0.1) is 5.82 Å². The molecule has 5 rings (SSSR count). The second-order valence-corrected chi connectivity index (χ2v) is 10.5. The van der Waals surface area contributed by atoms with Crippen molar-refractivity contribution in [1.29, 1.82) is 0 Å². The van der Waals surface area contributed by atoms with E-state index in [9.17, 15) is 14.0 Å². The highest BCUT2D eigenvalue weighted by atomic mass is 32.2. The third kappa shape index (κ3) is 4.39. The number of piperazine rings is 1. The number of nitrogens with zero attached hydrogens (tertiary/aromatic N) is 5. The maximum Gasteiger partial charge on any atom is 0.267 e. The molecule has 1 amide bonds. The van der Waals surface area contributed by atoms with Crippen LogP contribution < -0.4 is 15.4 Å². The maximum atomic E-state index is 14.3. The quantitative estimate of drug-likeness (QED) is 0.368. The third-order valence-corrected chi connectivity index (χ3v) is 7.98. The van der Waals surface area contributed by atoms with Crippen molar-refractivity contribution >= 4 is 57.4 Å². The van der Waals surface area contributed by atoms with Crippen LogP contribution in [0.3, 0.4) is 0 Å². The summed E-state index contributed by atoms with van der Waals surface area (Å²) in [6.45, 7) is 6.22. The minimum Gasteiger partial charge on any atom is -0.366 e. The van der Waals surface area contributed by atoms with Crippen molar-refractivity contribution in [1.82, 2.24) is 14.3 Å². The number of halogens is 1. The molecule has 36 heavy (non-hydrogen) atoms. The van der Waals surface area contributed by atoms with E-state index in [2.05, 4.69) is 0 Å². The van der Waals surface area contributed by atoms with Gasteiger partial charge in [-0.1, -0.05) is 49.1 Å². The molecule has 0 N–H and O–H groups in total. The Morgan fingerprint density at radius 3 is 2.50 bits per heavy atom. The van der Waals surface area contributed by atoms with E-state index >= 15 is 0 Å². The topological polar surface area (TPSA) is 61.2 Å². The summed E-state index contributed by atoms with van der Waals surface area (Å²) in [4.78, 5) is 37.7. The molecule has 2 aromatic heterocycles. The van der Waals surface area contributed by atoms with E-state index in [1.165, 1.54) is 22.2 Å². The smallest absolute Gasteiger partial charge is 0.267 e. The summed E-state index contributed by atoms with van der Waals surface area (Å²) in [5.74, 6) is 0.0810. The van der Waals surface area contributed by atoms with Crippen molar-refractivity contribution in [3.63, 3.8) is 0 Å². The van der Waals surface area contributed by atoms with Crippen LogP contribution in [-0.4, -0.2) is 56.7 Å². The monoisotopic (exact) mass is 523 g/mol. The molecule has 4 heterocycles. The number of pyridine rings is 1. The highest BCUT2D eigenvalue weighted by molar-refractivity contribution is 8.26. The average molecular weight is 524 g/mol. The van der Waals surface area contributed by atoms with Crippen LogP contribution in [0.1, 0.15) is 25.8 Å². The zero-order valence-corrected chi connectivity index (χ0v) is 21.7. The molecule has 2 aliphatic heterocycles. The number of hydrogen-bond acceptors (Lipinski definition) is 7. The number of carbonyl (C=O) groups is 1. The highest BCUT2D eigenvalue weighted by Crippen LogP contribution is 2.35. The van der Waals surface area contributed by atoms with Crippen molar-refractivity contribution < 1.29 is 9.18 Å². The number of anilines is 2. The lowest BCUT2D eigenvalue weighted by atomic mass is 10.2. The molecule has 3 aromatic rings. The van der Waals surface area contributed by atoms with Gasteiger partial charge in [0.05, 0.1) is 16.2 Å². The highest BCUT2D eigenvalue weighted by Gasteiger charge is 2.35. The molecule has 0 radical (unpaired) electrons. The van der Waals surface area contributed by atoms with Crippen molar-refractivity contribution in [2.45, 2.75) is 26.3 Å². The molecule has 0 saturated carbocycles. The molecule has 1 aromatic carbocycles. The first-order chi connectivity index (χ1) is 17.4. The predicted octanol–water partition coefficient (Wildman–Crippen LogP) is 4.16. The number of carbonyl (C=O) groups excluding carboxylic acids is 1. The van der Waals surface area contributed by atoms with E-state index in [1.807, 2.05) is 35.8 Å². The molecule has 0 bridgehead atoms. The van der Waals surface area contributed by atoms with E-state index in [-0.39, 0.29) is 23.3 Å². The normalized spacial score (nSPS) is 18.5. The molecular weight excluding hydrogens is 497 g/mol. The van der Waals surface area contributed by atoms with Crippen LogP contribution in [-0.2, 0) is 4.79 Å². The summed E-state index contributed by atoms with van der Waals surface area (Å²) < 4.78 is 16.3. The fourth-order valence-electron chi connectivity index (χ4n) is 4.50. The van der Waals surface area contributed by atoms with Crippen LogP contribution >= 0.6 is 24.0 Å². The Labute approximate surface area is 218 Å².